The van der Waals surface area contributed by atoms with E-state index in [0.717, 1.165) is 0 Å². The number of amides is 1. The number of ether oxygens (including phenoxy) is 1. The van der Waals surface area contributed by atoms with Gasteiger partial charge in [-0.25, -0.2) is 0 Å². The van der Waals surface area contributed by atoms with Crippen molar-refractivity contribution >= 4 is 11.6 Å². The van der Waals surface area contributed by atoms with Gasteiger partial charge in [-0.1, -0.05) is 0 Å². The van der Waals surface area contributed by atoms with Gasteiger partial charge in [0, 0.05) is 18.7 Å². The summed E-state index contributed by atoms with van der Waals surface area (Å²) in [6.07, 6.45) is 5.93. The molecule has 0 atom stereocenters. The summed E-state index contributed by atoms with van der Waals surface area (Å²) in [6, 6.07) is 7.04. The molecule has 0 aliphatic heterocycles. The van der Waals surface area contributed by atoms with Crippen molar-refractivity contribution in [1.29, 1.82) is 0 Å². The molecule has 0 fully saturated rings. The van der Waals surface area contributed by atoms with Crippen LogP contribution in [0.15, 0.2) is 24.3 Å². The van der Waals surface area contributed by atoms with Crippen LogP contribution in [0.25, 0.3) is 0 Å². The first-order valence-corrected chi connectivity index (χ1v) is 5.41. The Kier molecular flexibility index (Phi) is 5.45. The second-order valence-electron chi connectivity index (χ2n) is 3.47. The van der Waals surface area contributed by atoms with E-state index in [1.807, 2.05) is 0 Å². The lowest BCUT2D eigenvalue weighted by molar-refractivity contribution is -0.121. The molecule has 0 spiro atoms. The third-order valence-corrected chi connectivity index (χ3v) is 2.07. The van der Waals surface area contributed by atoms with E-state index in [2.05, 4.69) is 11.2 Å². The first-order chi connectivity index (χ1) is 8.22. The fourth-order valence-electron chi connectivity index (χ4n) is 1.19. The Labute approximate surface area is 101 Å². The third-order valence-electron chi connectivity index (χ3n) is 2.07. The van der Waals surface area contributed by atoms with E-state index in [9.17, 15) is 4.79 Å². The Hall–Kier alpha value is -2.15. The van der Waals surface area contributed by atoms with E-state index in [1.165, 1.54) is 0 Å². The number of hydrogen-bond donors (Lipinski definition) is 2. The van der Waals surface area contributed by atoms with Crippen LogP contribution in [0, 0.1) is 12.3 Å². The van der Waals surface area contributed by atoms with Crippen LogP contribution in [0.3, 0.4) is 0 Å². The number of hydrogen-bond acceptors (Lipinski definition) is 3. The van der Waals surface area contributed by atoms with Crippen molar-refractivity contribution in [3.8, 4) is 18.1 Å². The zero-order valence-corrected chi connectivity index (χ0v) is 9.61. The van der Waals surface area contributed by atoms with Gasteiger partial charge in [-0.2, -0.15) is 0 Å². The predicted octanol–water partition coefficient (Wildman–Crippen LogP) is 1.18. The van der Waals surface area contributed by atoms with E-state index in [1.54, 1.807) is 24.3 Å². The van der Waals surface area contributed by atoms with Gasteiger partial charge in [0.25, 0.3) is 0 Å². The molecule has 0 radical (unpaired) electrons. The highest BCUT2D eigenvalue weighted by Gasteiger charge is 2.00. The molecule has 0 aliphatic carbocycles. The number of nitrogen functional groups attached to an aromatic ring is 1. The highest BCUT2D eigenvalue weighted by atomic mass is 16.5. The maximum absolute atomic E-state index is 11.3. The molecule has 1 aromatic rings. The van der Waals surface area contributed by atoms with Gasteiger partial charge in [-0.05, 0) is 24.3 Å². The second-order valence-corrected chi connectivity index (χ2v) is 3.47. The monoisotopic (exact) mass is 232 g/mol. The SMILES string of the molecule is C#CCCNC(=O)CCOc1ccc(N)cc1. The minimum Gasteiger partial charge on any atom is -0.493 e. The van der Waals surface area contributed by atoms with Gasteiger partial charge in [0.2, 0.25) is 5.91 Å². The van der Waals surface area contributed by atoms with Crippen LogP contribution in [-0.4, -0.2) is 19.1 Å². The topological polar surface area (TPSA) is 64.3 Å². The zero-order valence-electron chi connectivity index (χ0n) is 9.61. The van der Waals surface area contributed by atoms with Gasteiger partial charge in [0.1, 0.15) is 5.75 Å². The molecule has 0 saturated heterocycles. The quantitative estimate of drug-likeness (QED) is 0.440. The van der Waals surface area contributed by atoms with Gasteiger partial charge < -0.3 is 15.8 Å². The highest BCUT2D eigenvalue weighted by molar-refractivity contribution is 5.75. The summed E-state index contributed by atoms with van der Waals surface area (Å²) in [5, 5.41) is 2.70. The fraction of sp³-hybridized carbons (Fsp3) is 0.308. The van der Waals surface area contributed by atoms with Crippen LogP contribution in [0.5, 0.6) is 5.75 Å². The number of carbonyl (C=O) groups excluding carboxylic acids is 1. The van der Waals surface area contributed by atoms with Crippen molar-refractivity contribution in [2.24, 2.45) is 0 Å². The molecule has 0 unspecified atom stereocenters. The number of nitrogens with one attached hydrogen (secondary N) is 1. The van der Waals surface area contributed by atoms with Crippen molar-refractivity contribution in [3.63, 3.8) is 0 Å². The first-order valence-electron chi connectivity index (χ1n) is 5.41. The second kappa shape index (κ2) is 7.18. The lowest BCUT2D eigenvalue weighted by Crippen LogP contribution is -2.25. The Balaban J connectivity index is 2.17. The summed E-state index contributed by atoms with van der Waals surface area (Å²) in [4.78, 5) is 11.3. The maximum atomic E-state index is 11.3. The molecule has 3 N–H and O–H groups in total. The van der Waals surface area contributed by atoms with Gasteiger partial charge in [0.15, 0.2) is 0 Å². The van der Waals surface area contributed by atoms with Crippen LogP contribution >= 0.6 is 0 Å². The smallest absolute Gasteiger partial charge is 0.223 e. The number of nitrogens with two attached hydrogens (primary N) is 1. The summed E-state index contributed by atoms with van der Waals surface area (Å²) in [7, 11) is 0. The van der Waals surface area contributed by atoms with Gasteiger partial charge >= 0.3 is 0 Å². The number of benzene rings is 1. The predicted molar refractivity (Wildman–Crippen MR) is 67.4 cm³/mol. The minimum atomic E-state index is -0.0595. The van der Waals surface area contributed by atoms with Crippen LogP contribution in [0.2, 0.25) is 0 Å². The summed E-state index contributed by atoms with van der Waals surface area (Å²) >= 11 is 0. The normalized spacial score (nSPS) is 9.35. The lowest BCUT2D eigenvalue weighted by Gasteiger charge is -2.06. The third kappa shape index (κ3) is 5.47. The molecule has 17 heavy (non-hydrogen) atoms. The van der Waals surface area contributed by atoms with Gasteiger partial charge in [-0.15, -0.1) is 12.3 Å². The average molecular weight is 232 g/mol. The Morgan fingerprint density at radius 3 is 2.76 bits per heavy atom. The molecule has 0 bridgehead atoms. The molecule has 1 rings (SSSR count). The molecule has 0 aliphatic rings. The van der Waals surface area contributed by atoms with E-state index in [0.29, 0.717) is 37.4 Å². The molecule has 0 heterocycles. The fourth-order valence-corrected chi connectivity index (χ4v) is 1.19. The number of rotatable bonds is 6. The van der Waals surface area contributed by atoms with Crippen LogP contribution in [0.4, 0.5) is 5.69 Å². The summed E-state index contributed by atoms with van der Waals surface area (Å²) in [5.74, 6) is 3.10. The molecule has 0 aromatic heterocycles. The number of terminal acetylenes is 1. The molecular formula is C13H16N2O2. The summed E-state index contributed by atoms with van der Waals surface area (Å²) in [6.45, 7) is 0.850. The summed E-state index contributed by atoms with van der Waals surface area (Å²) < 4.78 is 5.38. The van der Waals surface area contributed by atoms with Crippen LogP contribution < -0.4 is 15.8 Å². The van der Waals surface area contributed by atoms with Crippen molar-refractivity contribution in [1.82, 2.24) is 5.32 Å². The Morgan fingerprint density at radius 1 is 1.41 bits per heavy atom. The average Bonchev–Trinajstić information content (AvgIpc) is 2.32. The molecule has 0 saturated carbocycles. The first kappa shape index (κ1) is 12.9. The standard InChI is InChI=1S/C13H16N2O2/c1-2-3-9-15-13(16)8-10-17-12-6-4-11(14)5-7-12/h1,4-7H,3,8-10,14H2,(H,15,16). The molecule has 90 valence electrons. The lowest BCUT2D eigenvalue weighted by atomic mass is 10.3. The Bertz CT molecular complexity index is 393. The van der Waals surface area contributed by atoms with Gasteiger partial charge in [0.05, 0.1) is 13.0 Å². The van der Waals surface area contributed by atoms with E-state index >= 15 is 0 Å². The van der Waals surface area contributed by atoms with Crippen molar-refractivity contribution in [3.05, 3.63) is 24.3 Å². The minimum absolute atomic E-state index is 0.0595. The molecule has 4 heteroatoms. The van der Waals surface area contributed by atoms with E-state index < -0.39 is 0 Å². The molecular weight excluding hydrogens is 216 g/mol. The molecule has 1 aromatic carbocycles. The van der Waals surface area contributed by atoms with E-state index in [4.69, 9.17) is 16.9 Å². The zero-order chi connectivity index (χ0) is 12.5. The number of anilines is 1. The molecule has 4 nitrogen and oxygen atoms in total. The van der Waals surface area contributed by atoms with E-state index in [-0.39, 0.29) is 5.91 Å². The van der Waals surface area contributed by atoms with Crippen molar-refractivity contribution < 1.29 is 9.53 Å². The largest absolute Gasteiger partial charge is 0.493 e. The van der Waals surface area contributed by atoms with Crippen LogP contribution in [-0.2, 0) is 4.79 Å². The Morgan fingerprint density at radius 2 is 2.12 bits per heavy atom. The summed E-state index contributed by atoms with van der Waals surface area (Å²) in [5.41, 5.74) is 6.22. The molecule has 1 amide bonds. The van der Waals surface area contributed by atoms with Crippen molar-refractivity contribution in [2.45, 2.75) is 12.8 Å². The highest BCUT2D eigenvalue weighted by Crippen LogP contribution is 2.12. The van der Waals surface area contributed by atoms with Gasteiger partial charge in [-0.3, -0.25) is 4.79 Å². The van der Waals surface area contributed by atoms with Crippen molar-refractivity contribution in [2.75, 3.05) is 18.9 Å². The number of carbonyl (C=O) groups is 1. The maximum Gasteiger partial charge on any atom is 0.223 e. The van der Waals surface area contributed by atoms with Crippen LogP contribution in [0.1, 0.15) is 12.8 Å².